The van der Waals surface area contributed by atoms with Crippen molar-refractivity contribution in [3.8, 4) is 0 Å². The van der Waals surface area contributed by atoms with Crippen LogP contribution in [0.2, 0.25) is 0 Å². The summed E-state index contributed by atoms with van der Waals surface area (Å²) in [7, 11) is 0. The fraction of sp³-hybridized carbons (Fsp3) is 0.692. The van der Waals surface area contributed by atoms with Crippen LogP contribution in [0.5, 0.6) is 0 Å². The monoisotopic (exact) mass is 232 g/mol. The molecule has 2 aliphatic heterocycles. The minimum Gasteiger partial charge on any atom is -0.364 e. The van der Waals surface area contributed by atoms with Crippen LogP contribution < -0.4 is 5.32 Å². The second-order valence-electron chi connectivity index (χ2n) is 5.13. The zero-order valence-electron chi connectivity index (χ0n) is 10.4. The van der Waals surface area contributed by atoms with Crippen molar-refractivity contribution in [2.75, 3.05) is 18.4 Å². The summed E-state index contributed by atoms with van der Waals surface area (Å²) in [5.74, 6) is 0.963. The Morgan fingerprint density at radius 1 is 1.18 bits per heavy atom. The Balaban J connectivity index is 1.71. The van der Waals surface area contributed by atoms with Crippen LogP contribution in [0.3, 0.4) is 0 Å². The number of hydrogen-bond donors (Lipinski definition) is 1. The topological polar surface area (TPSA) is 41.1 Å². The van der Waals surface area contributed by atoms with Gasteiger partial charge in [0.15, 0.2) is 0 Å². The second kappa shape index (κ2) is 4.61. The van der Waals surface area contributed by atoms with Crippen LogP contribution in [0, 0.1) is 6.92 Å². The molecular formula is C13H20N4. The number of aryl methyl sites for hydroxylation is 1. The number of nitrogens with one attached hydrogen (secondary N) is 1. The van der Waals surface area contributed by atoms with Gasteiger partial charge in [0.25, 0.3) is 0 Å². The van der Waals surface area contributed by atoms with Crippen molar-refractivity contribution in [1.29, 1.82) is 0 Å². The third-order valence-corrected chi connectivity index (χ3v) is 4.06. The lowest BCUT2D eigenvalue weighted by Crippen LogP contribution is -2.41. The highest BCUT2D eigenvalue weighted by atomic mass is 15.2. The molecule has 0 spiro atoms. The molecule has 1 aromatic rings. The van der Waals surface area contributed by atoms with Gasteiger partial charge in [-0.15, -0.1) is 0 Å². The smallest absolute Gasteiger partial charge is 0.147 e. The van der Waals surface area contributed by atoms with Gasteiger partial charge in [-0.05, 0) is 32.7 Å². The Morgan fingerprint density at radius 2 is 2.06 bits per heavy atom. The average molecular weight is 232 g/mol. The van der Waals surface area contributed by atoms with Crippen LogP contribution in [0.4, 0.5) is 5.82 Å². The lowest BCUT2D eigenvalue weighted by Gasteiger charge is -2.32. The van der Waals surface area contributed by atoms with Gasteiger partial charge in [0.1, 0.15) is 5.82 Å². The van der Waals surface area contributed by atoms with Crippen LogP contribution in [0.15, 0.2) is 12.4 Å². The van der Waals surface area contributed by atoms with Crippen molar-refractivity contribution in [3.63, 3.8) is 0 Å². The maximum absolute atomic E-state index is 4.39. The molecule has 3 rings (SSSR count). The maximum atomic E-state index is 4.39. The summed E-state index contributed by atoms with van der Waals surface area (Å²) in [5.41, 5.74) is 1.00. The van der Waals surface area contributed by atoms with Crippen LogP contribution >= 0.6 is 0 Å². The molecule has 92 valence electrons. The van der Waals surface area contributed by atoms with E-state index >= 15 is 0 Å². The molecule has 0 saturated carbocycles. The molecule has 2 unspecified atom stereocenters. The second-order valence-corrected chi connectivity index (χ2v) is 5.13. The van der Waals surface area contributed by atoms with Gasteiger partial charge in [0.05, 0.1) is 5.69 Å². The number of hydrogen-bond acceptors (Lipinski definition) is 4. The van der Waals surface area contributed by atoms with E-state index in [0.717, 1.165) is 11.5 Å². The molecule has 0 radical (unpaired) electrons. The average Bonchev–Trinajstić information content (AvgIpc) is 2.76. The van der Waals surface area contributed by atoms with E-state index in [2.05, 4.69) is 20.2 Å². The van der Waals surface area contributed by atoms with E-state index < -0.39 is 0 Å². The zero-order valence-corrected chi connectivity index (χ0v) is 10.4. The van der Waals surface area contributed by atoms with Gasteiger partial charge >= 0.3 is 0 Å². The fourth-order valence-corrected chi connectivity index (χ4v) is 3.14. The third kappa shape index (κ3) is 2.14. The Bertz CT molecular complexity index is 393. The molecule has 2 aliphatic rings. The summed E-state index contributed by atoms with van der Waals surface area (Å²) in [6.07, 6.45) is 8.83. The molecule has 17 heavy (non-hydrogen) atoms. The van der Waals surface area contributed by atoms with Gasteiger partial charge in [-0.3, -0.25) is 9.88 Å². The quantitative estimate of drug-likeness (QED) is 0.844. The van der Waals surface area contributed by atoms with Crippen LogP contribution in [-0.4, -0.2) is 40.0 Å². The predicted molar refractivity (Wildman–Crippen MR) is 68.0 cm³/mol. The molecule has 0 bridgehead atoms. The van der Waals surface area contributed by atoms with E-state index in [9.17, 15) is 0 Å². The Labute approximate surface area is 102 Å². The van der Waals surface area contributed by atoms with Crippen molar-refractivity contribution >= 4 is 5.82 Å². The summed E-state index contributed by atoms with van der Waals surface area (Å²) < 4.78 is 0. The van der Waals surface area contributed by atoms with Crippen LogP contribution in [0.1, 0.15) is 31.4 Å². The summed E-state index contributed by atoms with van der Waals surface area (Å²) in [6, 6.07) is 1.27. The van der Waals surface area contributed by atoms with Gasteiger partial charge in [0.2, 0.25) is 0 Å². The predicted octanol–water partition coefficient (Wildman–Crippen LogP) is 1.82. The molecule has 4 heteroatoms. The first-order chi connectivity index (χ1) is 8.34. The van der Waals surface area contributed by atoms with E-state index in [1.165, 1.54) is 38.8 Å². The number of anilines is 1. The molecule has 0 aliphatic carbocycles. The first-order valence-electron chi connectivity index (χ1n) is 6.63. The van der Waals surface area contributed by atoms with E-state index in [-0.39, 0.29) is 0 Å². The van der Waals surface area contributed by atoms with E-state index in [1.807, 2.05) is 6.92 Å². The Hall–Kier alpha value is -1.16. The fourth-order valence-electron chi connectivity index (χ4n) is 3.14. The largest absolute Gasteiger partial charge is 0.364 e. The van der Waals surface area contributed by atoms with Gasteiger partial charge in [-0.1, -0.05) is 6.42 Å². The first-order valence-corrected chi connectivity index (χ1v) is 6.63. The molecule has 2 fully saturated rings. The van der Waals surface area contributed by atoms with Gasteiger partial charge in [0, 0.05) is 31.0 Å². The number of nitrogens with zero attached hydrogens (tertiary/aromatic N) is 3. The van der Waals surface area contributed by atoms with Gasteiger partial charge < -0.3 is 5.32 Å². The SMILES string of the molecule is Cc1nccnc1NC1CCN2CCCCC12. The Morgan fingerprint density at radius 3 is 2.94 bits per heavy atom. The lowest BCUT2D eigenvalue weighted by atomic mass is 9.99. The molecule has 0 amide bonds. The molecule has 0 aromatic carbocycles. The highest BCUT2D eigenvalue weighted by Gasteiger charge is 2.35. The van der Waals surface area contributed by atoms with Crippen molar-refractivity contribution in [1.82, 2.24) is 14.9 Å². The summed E-state index contributed by atoms with van der Waals surface area (Å²) >= 11 is 0. The summed E-state index contributed by atoms with van der Waals surface area (Å²) in [6.45, 7) is 4.53. The van der Waals surface area contributed by atoms with Crippen molar-refractivity contribution in [3.05, 3.63) is 18.1 Å². The highest BCUT2D eigenvalue weighted by Crippen LogP contribution is 2.29. The van der Waals surface area contributed by atoms with Crippen molar-refractivity contribution < 1.29 is 0 Å². The van der Waals surface area contributed by atoms with Crippen LogP contribution in [0.25, 0.3) is 0 Å². The molecule has 4 nitrogen and oxygen atoms in total. The number of piperidine rings is 1. The summed E-state index contributed by atoms with van der Waals surface area (Å²) in [4.78, 5) is 11.3. The Kier molecular flexibility index (Phi) is 2.97. The molecule has 1 N–H and O–H groups in total. The van der Waals surface area contributed by atoms with Crippen LogP contribution in [-0.2, 0) is 0 Å². The number of fused-ring (bicyclic) bond motifs is 1. The molecular weight excluding hydrogens is 212 g/mol. The minimum absolute atomic E-state index is 0.561. The number of rotatable bonds is 2. The highest BCUT2D eigenvalue weighted by molar-refractivity contribution is 5.40. The van der Waals surface area contributed by atoms with Crippen molar-refractivity contribution in [2.45, 2.75) is 44.7 Å². The van der Waals surface area contributed by atoms with Gasteiger partial charge in [-0.2, -0.15) is 0 Å². The van der Waals surface area contributed by atoms with E-state index in [1.54, 1.807) is 12.4 Å². The van der Waals surface area contributed by atoms with Gasteiger partial charge in [-0.25, -0.2) is 4.98 Å². The normalized spacial score (nSPS) is 29.0. The number of aromatic nitrogens is 2. The molecule has 2 saturated heterocycles. The van der Waals surface area contributed by atoms with E-state index in [4.69, 9.17) is 0 Å². The molecule has 1 aromatic heterocycles. The first kappa shape index (κ1) is 11.0. The zero-order chi connectivity index (χ0) is 11.7. The molecule has 2 atom stereocenters. The maximum Gasteiger partial charge on any atom is 0.147 e. The lowest BCUT2D eigenvalue weighted by molar-refractivity contribution is 0.192. The van der Waals surface area contributed by atoms with E-state index in [0.29, 0.717) is 12.1 Å². The standard InChI is InChI=1S/C13H20N4/c1-10-13(15-7-6-14-10)16-11-5-9-17-8-3-2-4-12(11)17/h6-7,11-12H,2-5,8-9H2,1H3,(H,15,16). The third-order valence-electron chi connectivity index (χ3n) is 4.06. The minimum atomic E-state index is 0.561. The summed E-state index contributed by atoms with van der Waals surface area (Å²) in [5, 5.41) is 3.59. The van der Waals surface area contributed by atoms with Crippen molar-refractivity contribution in [2.24, 2.45) is 0 Å². The molecule has 3 heterocycles.